The highest BCUT2D eigenvalue weighted by Gasteiger charge is 2.20. The van der Waals surface area contributed by atoms with Gasteiger partial charge in [0.05, 0.1) is 5.69 Å². The zero-order valence-electron chi connectivity index (χ0n) is 20.8. The van der Waals surface area contributed by atoms with E-state index in [1.807, 2.05) is 73.0 Å². The molecule has 0 bridgehead atoms. The van der Waals surface area contributed by atoms with Crippen molar-refractivity contribution in [2.24, 2.45) is 0 Å². The zero-order chi connectivity index (χ0) is 26.2. The van der Waals surface area contributed by atoms with Gasteiger partial charge in [-0.15, -0.1) is 5.10 Å². The molecule has 0 saturated heterocycles. The molecule has 0 spiro atoms. The first-order valence-electron chi connectivity index (χ1n) is 12.2. The standard InChI is InChI=1S/C28H24N8O2/c1-17(2)26-29-25-23(27(37)36(28(38)30-25)20-8-4-3-5-9-20)35(26)16-18-12-14-19(15-13-18)21-10-6-7-11-22(21)24-31-33-34-32-24/h3-15,17H,16H2,1-2H3,(H,30,38)(H,31,32,33,34). The van der Waals surface area contributed by atoms with Gasteiger partial charge >= 0.3 is 5.69 Å². The van der Waals surface area contributed by atoms with E-state index in [4.69, 9.17) is 0 Å². The number of hydrogen-bond acceptors (Lipinski definition) is 6. The van der Waals surface area contributed by atoms with E-state index in [2.05, 4.69) is 30.6 Å². The largest absolute Gasteiger partial charge is 0.334 e. The van der Waals surface area contributed by atoms with Crippen molar-refractivity contribution in [2.75, 3.05) is 0 Å². The second-order valence-electron chi connectivity index (χ2n) is 9.31. The second-order valence-corrected chi connectivity index (χ2v) is 9.31. The number of H-pyrrole nitrogens is 2. The Bertz CT molecular complexity index is 1850. The molecule has 3 aromatic heterocycles. The van der Waals surface area contributed by atoms with Crippen LogP contribution in [0.15, 0.2) is 88.5 Å². The summed E-state index contributed by atoms with van der Waals surface area (Å²) in [7, 11) is 0. The van der Waals surface area contributed by atoms with Gasteiger partial charge in [0.2, 0.25) is 0 Å². The monoisotopic (exact) mass is 504 g/mol. The van der Waals surface area contributed by atoms with Crippen molar-refractivity contribution in [1.82, 2.24) is 39.7 Å². The van der Waals surface area contributed by atoms with Gasteiger partial charge < -0.3 is 4.57 Å². The van der Waals surface area contributed by atoms with Gasteiger partial charge in [-0.05, 0) is 39.2 Å². The van der Waals surface area contributed by atoms with E-state index in [0.29, 0.717) is 29.2 Å². The molecule has 38 heavy (non-hydrogen) atoms. The summed E-state index contributed by atoms with van der Waals surface area (Å²) in [4.78, 5) is 33.9. The molecule has 6 aromatic rings. The van der Waals surface area contributed by atoms with Gasteiger partial charge in [-0.2, -0.15) is 0 Å². The SMILES string of the molecule is CC(C)c1nc2[nH]c(=O)n(-c3ccccc3)c(=O)c2n1Cc1ccc(-c2ccccc2-c2nnn[nH]2)cc1. The molecule has 0 aliphatic carbocycles. The van der Waals surface area contributed by atoms with E-state index in [1.165, 1.54) is 0 Å². The number of aromatic nitrogens is 8. The summed E-state index contributed by atoms with van der Waals surface area (Å²) in [5, 5.41) is 14.3. The molecule has 0 fully saturated rings. The van der Waals surface area contributed by atoms with Crippen molar-refractivity contribution in [3.05, 3.63) is 111 Å². The number of aromatic amines is 2. The minimum atomic E-state index is -0.515. The third-order valence-corrected chi connectivity index (χ3v) is 6.50. The van der Waals surface area contributed by atoms with E-state index in [0.717, 1.165) is 32.6 Å². The van der Waals surface area contributed by atoms with Gasteiger partial charge in [-0.25, -0.2) is 19.4 Å². The molecule has 0 atom stereocenters. The van der Waals surface area contributed by atoms with Gasteiger partial charge in [0.1, 0.15) is 5.82 Å². The van der Waals surface area contributed by atoms with Gasteiger partial charge in [-0.3, -0.25) is 9.78 Å². The molecule has 3 heterocycles. The average Bonchev–Trinajstić information content (AvgIpc) is 3.59. The number of tetrazole rings is 1. The van der Waals surface area contributed by atoms with Crippen LogP contribution in [0.1, 0.15) is 31.2 Å². The van der Waals surface area contributed by atoms with E-state index in [9.17, 15) is 9.59 Å². The summed E-state index contributed by atoms with van der Waals surface area (Å²) in [6.07, 6.45) is 0. The van der Waals surface area contributed by atoms with Crippen LogP contribution in [-0.4, -0.2) is 39.7 Å². The molecule has 188 valence electrons. The van der Waals surface area contributed by atoms with Gasteiger partial charge in [0, 0.05) is 18.0 Å². The van der Waals surface area contributed by atoms with Gasteiger partial charge in [-0.1, -0.05) is 80.6 Å². The van der Waals surface area contributed by atoms with Crippen LogP contribution in [0.5, 0.6) is 0 Å². The lowest BCUT2D eigenvalue weighted by molar-refractivity contribution is 0.681. The Hall–Kier alpha value is -5.12. The first-order chi connectivity index (χ1) is 18.5. The highest BCUT2D eigenvalue weighted by atomic mass is 16.2. The van der Waals surface area contributed by atoms with Crippen LogP contribution in [0.2, 0.25) is 0 Å². The summed E-state index contributed by atoms with van der Waals surface area (Å²) in [5.74, 6) is 1.36. The van der Waals surface area contributed by atoms with Crippen molar-refractivity contribution in [1.29, 1.82) is 0 Å². The highest BCUT2D eigenvalue weighted by Crippen LogP contribution is 2.30. The number of hydrogen-bond donors (Lipinski definition) is 2. The molecule has 10 nitrogen and oxygen atoms in total. The van der Waals surface area contributed by atoms with E-state index < -0.39 is 11.2 Å². The molecule has 3 aromatic carbocycles. The fourth-order valence-corrected chi connectivity index (χ4v) is 4.73. The number of nitrogens with one attached hydrogen (secondary N) is 2. The minimum Gasteiger partial charge on any atom is -0.317 e. The normalized spacial score (nSPS) is 11.4. The van der Waals surface area contributed by atoms with Crippen LogP contribution in [0.4, 0.5) is 0 Å². The molecule has 2 N–H and O–H groups in total. The number of nitrogens with zero attached hydrogens (tertiary/aromatic N) is 6. The first-order valence-corrected chi connectivity index (χ1v) is 12.2. The maximum absolute atomic E-state index is 13.6. The summed E-state index contributed by atoms with van der Waals surface area (Å²) >= 11 is 0. The number of fused-ring (bicyclic) bond motifs is 1. The Kier molecular flexibility index (Phi) is 5.76. The van der Waals surface area contributed by atoms with Crippen molar-refractivity contribution >= 4 is 11.2 Å². The van der Waals surface area contributed by atoms with Crippen molar-refractivity contribution in [3.63, 3.8) is 0 Å². The fraction of sp³-hybridized carbons (Fsp3) is 0.143. The van der Waals surface area contributed by atoms with E-state index in [1.54, 1.807) is 24.3 Å². The Morgan fingerprint density at radius 2 is 1.58 bits per heavy atom. The quantitative estimate of drug-likeness (QED) is 0.354. The van der Waals surface area contributed by atoms with Crippen LogP contribution in [0.3, 0.4) is 0 Å². The first kappa shape index (κ1) is 23.3. The van der Waals surface area contributed by atoms with Crippen LogP contribution < -0.4 is 11.2 Å². The third kappa shape index (κ3) is 4.01. The topological polar surface area (TPSA) is 127 Å². The van der Waals surface area contributed by atoms with Crippen LogP contribution in [0.25, 0.3) is 39.4 Å². The van der Waals surface area contributed by atoms with Gasteiger partial charge in [0.15, 0.2) is 17.0 Å². The predicted molar refractivity (Wildman–Crippen MR) is 144 cm³/mol. The zero-order valence-corrected chi connectivity index (χ0v) is 20.8. The molecule has 6 rings (SSSR count). The maximum atomic E-state index is 13.6. The lowest BCUT2D eigenvalue weighted by Crippen LogP contribution is -2.34. The molecule has 0 aliphatic heterocycles. The summed E-state index contributed by atoms with van der Waals surface area (Å²) in [6, 6.07) is 24.9. The molecule has 0 unspecified atom stereocenters. The summed E-state index contributed by atoms with van der Waals surface area (Å²) in [5.41, 5.74) is 4.15. The molecular weight excluding hydrogens is 480 g/mol. The fourth-order valence-electron chi connectivity index (χ4n) is 4.73. The molecule has 10 heteroatoms. The summed E-state index contributed by atoms with van der Waals surface area (Å²) in [6.45, 7) is 4.46. The second kappa shape index (κ2) is 9.40. The number of para-hydroxylation sites is 1. The van der Waals surface area contributed by atoms with Crippen molar-refractivity contribution in [2.45, 2.75) is 26.3 Å². The molecule has 0 amide bonds. The highest BCUT2D eigenvalue weighted by molar-refractivity contribution is 5.80. The number of imidazole rings is 1. The number of benzene rings is 3. The summed E-state index contributed by atoms with van der Waals surface area (Å²) < 4.78 is 3.06. The van der Waals surface area contributed by atoms with Gasteiger partial charge in [0.25, 0.3) is 5.56 Å². The smallest absolute Gasteiger partial charge is 0.317 e. The number of rotatable bonds is 6. The minimum absolute atomic E-state index is 0.0390. The third-order valence-electron chi connectivity index (χ3n) is 6.50. The molecule has 0 saturated carbocycles. The van der Waals surface area contributed by atoms with Crippen LogP contribution in [0, 0.1) is 0 Å². The maximum Gasteiger partial charge on any atom is 0.334 e. The Morgan fingerprint density at radius 1 is 0.868 bits per heavy atom. The average molecular weight is 505 g/mol. The Morgan fingerprint density at radius 3 is 2.26 bits per heavy atom. The molecular formula is C28H24N8O2. The van der Waals surface area contributed by atoms with E-state index >= 15 is 0 Å². The Labute approximate surface area is 216 Å². The lowest BCUT2D eigenvalue weighted by atomic mass is 9.98. The molecule has 0 aliphatic rings. The lowest BCUT2D eigenvalue weighted by Gasteiger charge is -2.13. The van der Waals surface area contributed by atoms with Crippen molar-refractivity contribution < 1.29 is 0 Å². The van der Waals surface area contributed by atoms with E-state index in [-0.39, 0.29) is 5.92 Å². The Balaban J connectivity index is 1.43. The molecule has 0 radical (unpaired) electrons. The van der Waals surface area contributed by atoms with Crippen LogP contribution in [-0.2, 0) is 6.54 Å². The van der Waals surface area contributed by atoms with Crippen LogP contribution >= 0.6 is 0 Å². The predicted octanol–water partition coefficient (Wildman–Crippen LogP) is 3.89. The van der Waals surface area contributed by atoms with Crippen molar-refractivity contribution in [3.8, 4) is 28.2 Å².